The van der Waals surface area contributed by atoms with E-state index in [-0.39, 0.29) is 11.7 Å². The van der Waals surface area contributed by atoms with Gasteiger partial charge in [0.2, 0.25) is 0 Å². The first kappa shape index (κ1) is 14.0. The van der Waals surface area contributed by atoms with Crippen LogP contribution in [0.25, 0.3) is 0 Å². The summed E-state index contributed by atoms with van der Waals surface area (Å²) in [6.45, 7) is 5.52. The van der Waals surface area contributed by atoms with Crippen molar-refractivity contribution in [3.63, 3.8) is 0 Å². The summed E-state index contributed by atoms with van der Waals surface area (Å²) in [6, 6.07) is 7.21. The van der Waals surface area contributed by atoms with Gasteiger partial charge in [0.1, 0.15) is 0 Å². The lowest BCUT2D eigenvalue weighted by Crippen LogP contribution is -2.55. The van der Waals surface area contributed by atoms with E-state index in [2.05, 4.69) is 10.5 Å². The molecule has 0 saturated heterocycles. The molecule has 1 aromatic carbocycles. The van der Waals surface area contributed by atoms with Gasteiger partial charge in [-0.1, -0.05) is 29.8 Å². The van der Waals surface area contributed by atoms with E-state index in [1.54, 1.807) is 19.1 Å². The molecule has 0 aliphatic carbocycles. The number of amidine groups is 1. The molecule has 5 heteroatoms. The van der Waals surface area contributed by atoms with E-state index in [9.17, 15) is 4.79 Å². The number of amides is 1. The molecule has 0 saturated carbocycles. The Kier molecular flexibility index (Phi) is 4.31. The van der Waals surface area contributed by atoms with Crippen molar-refractivity contribution in [2.45, 2.75) is 32.7 Å². The van der Waals surface area contributed by atoms with Crippen LogP contribution in [0.5, 0.6) is 0 Å². The summed E-state index contributed by atoms with van der Waals surface area (Å²) in [6.07, 6.45) is 0.528. The number of carbonyl (C=O) groups excluding carboxylic acids is 1. The molecule has 0 bridgehead atoms. The molecule has 1 atom stereocenters. The van der Waals surface area contributed by atoms with Gasteiger partial charge in [-0.2, -0.15) is 0 Å². The second-order valence-electron chi connectivity index (χ2n) is 4.49. The zero-order valence-corrected chi connectivity index (χ0v) is 10.9. The normalized spacial score (nSPS) is 14.9. The number of nitrogens with two attached hydrogens (primary N) is 1. The Morgan fingerprint density at radius 3 is 2.44 bits per heavy atom. The molecule has 1 rings (SSSR count). The molecule has 1 amide bonds. The number of aryl methyl sites for hydroxylation is 1. The molecule has 1 unspecified atom stereocenters. The van der Waals surface area contributed by atoms with Gasteiger partial charge >= 0.3 is 0 Å². The van der Waals surface area contributed by atoms with Crippen molar-refractivity contribution in [3.8, 4) is 0 Å². The minimum absolute atomic E-state index is 0.00883. The van der Waals surface area contributed by atoms with Gasteiger partial charge in [-0.15, -0.1) is 0 Å². The Labute approximate surface area is 107 Å². The maximum atomic E-state index is 12.0. The number of nitrogens with one attached hydrogen (secondary N) is 1. The number of benzene rings is 1. The molecule has 98 valence electrons. The maximum absolute atomic E-state index is 12.0. The minimum Gasteiger partial charge on any atom is -0.409 e. The lowest BCUT2D eigenvalue weighted by molar-refractivity contribution is 0.0925. The average molecular weight is 249 g/mol. The Morgan fingerprint density at radius 1 is 1.44 bits per heavy atom. The van der Waals surface area contributed by atoms with Gasteiger partial charge < -0.3 is 16.3 Å². The lowest BCUT2D eigenvalue weighted by atomic mass is 9.96. The highest BCUT2D eigenvalue weighted by atomic mass is 16.4. The third kappa shape index (κ3) is 3.00. The van der Waals surface area contributed by atoms with Gasteiger partial charge in [0, 0.05) is 5.56 Å². The van der Waals surface area contributed by atoms with Gasteiger partial charge in [0.15, 0.2) is 5.84 Å². The van der Waals surface area contributed by atoms with Crippen molar-refractivity contribution in [3.05, 3.63) is 35.4 Å². The maximum Gasteiger partial charge on any atom is 0.252 e. The van der Waals surface area contributed by atoms with Gasteiger partial charge in [-0.25, -0.2) is 0 Å². The summed E-state index contributed by atoms with van der Waals surface area (Å²) in [4.78, 5) is 12.0. The van der Waals surface area contributed by atoms with Gasteiger partial charge in [0.05, 0.1) is 5.54 Å². The second-order valence-corrected chi connectivity index (χ2v) is 4.49. The molecule has 0 radical (unpaired) electrons. The zero-order valence-electron chi connectivity index (χ0n) is 10.9. The molecule has 18 heavy (non-hydrogen) atoms. The smallest absolute Gasteiger partial charge is 0.252 e. The Hall–Kier alpha value is -2.04. The number of nitrogens with zero attached hydrogens (tertiary/aromatic N) is 1. The third-order valence-corrected chi connectivity index (χ3v) is 3.08. The predicted molar refractivity (Wildman–Crippen MR) is 70.8 cm³/mol. The molecule has 4 N–H and O–H groups in total. The van der Waals surface area contributed by atoms with E-state index in [1.165, 1.54) is 0 Å². The molecular weight excluding hydrogens is 230 g/mol. The molecule has 0 spiro atoms. The highest BCUT2D eigenvalue weighted by molar-refractivity contribution is 6.00. The molecule has 0 aliphatic heterocycles. The highest BCUT2D eigenvalue weighted by Crippen LogP contribution is 2.11. The molecule has 1 aromatic rings. The molecule has 0 aliphatic rings. The SMILES string of the molecule is CCC(C)(NC(=O)c1ccc(C)cc1)/C(N)=N/O. The van der Waals surface area contributed by atoms with Crippen LogP contribution in [0.15, 0.2) is 29.4 Å². The fraction of sp³-hybridized carbons (Fsp3) is 0.385. The first-order chi connectivity index (χ1) is 8.42. The standard InChI is InChI=1S/C13H19N3O2/c1-4-13(3,12(14)16-18)15-11(17)10-7-5-9(2)6-8-10/h5-8,18H,4H2,1-3H3,(H2,14,16)(H,15,17). The quantitative estimate of drug-likeness (QED) is 0.328. The van der Waals surface area contributed by atoms with Gasteiger partial charge in [-0.05, 0) is 32.4 Å². The van der Waals surface area contributed by atoms with Crippen LogP contribution in [0.2, 0.25) is 0 Å². The summed E-state index contributed by atoms with van der Waals surface area (Å²) in [7, 11) is 0. The van der Waals surface area contributed by atoms with Crippen molar-refractivity contribution >= 4 is 11.7 Å². The molecule has 0 heterocycles. The van der Waals surface area contributed by atoms with Crippen LogP contribution in [0.4, 0.5) is 0 Å². The fourth-order valence-electron chi connectivity index (χ4n) is 1.47. The van der Waals surface area contributed by atoms with Gasteiger partial charge in [0.25, 0.3) is 5.91 Å². The Morgan fingerprint density at radius 2 is 2.00 bits per heavy atom. The van der Waals surface area contributed by atoms with E-state index in [1.807, 2.05) is 26.0 Å². The van der Waals surface area contributed by atoms with E-state index >= 15 is 0 Å². The van der Waals surface area contributed by atoms with Crippen molar-refractivity contribution in [1.82, 2.24) is 5.32 Å². The van der Waals surface area contributed by atoms with E-state index in [0.29, 0.717) is 12.0 Å². The van der Waals surface area contributed by atoms with E-state index < -0.39 is 5.54 Å². The van der Waals surface area contributed by atoms with Crippen molar-refractivity contribution in [2.24, 2.45) is 10.9 Å². The molecule has 5 nitrogen and oxygen atoms in total. The summed E-state index contributed by atoms with van der Waals surface area (Å²) in [5, 5.41) is 14.5. The van der Waals surface area contributed by atoms with Crippen molar-refractivity contribution < 1.29 is 10.0 Å². The predicted octanol–water partition coefficient (Wildman–Crippen LogP) is 1.64. The van der Waals surface area contributed by atoms with Crippen LogP contribution in [-0.2, 0) is 0 Å². The number of hydrogen-bond donors (Lipinski definition) is 3. The lowest BCUT2D eigenvalue weighted by Gasteiger charge is -2.28. The number of rotatable bonds is 4. The van der Waals surface area contributed by atoms with Crippen molar-refractivity contribution in [2.75, 3.05) is 0 Å². The number of oxime groups is 1. The summed E-state index contributed by atoms with van der Waals surface area (Å²) < 4.78 is 0. The van der Waals surface area contributed by atoms with Crippen LogP contribution in [0, 0.1) is 6.92 Å². The monoisotopic (exact) mass is 249 g/mol. The van der Waals surface area contributed by atoms with Crippen LogP contribution in [-0.4, -0.2) is 22.5 Å². The van der Waals surface area contributed by atoms with Crippen LogP contribution < -0.4 is 11.1 Å². The van der Waals surface area contributed by atoms with Crippen LogP contribution in [0.1, 0.15) is 36.2 Å². The minimum atomic E-state index is -0.850. The molecular formula is C13H19N3O2. The van der Waals surface area contributed by atoms with Gasteiger partial charge in [-0.3, -0.25) is 4.79 Å². The third-order valence-electron chi connectivity index (χ3n) is 3.08. The molecule has 0 fully saturated rings. The number of carbonyl (C=O) groups is 1. The zero-order chi connectivity index (χ0) is 13.8. The average Bonchev–Trinajstić information content (AvgIpc) is 2.38. The largest absolute Gasteiger partial charge is 0.409 e. The van der Waals surface area contributed by atoms with E-state index in [4.69, 9.17) is 10.9 Å². The summed E-state index contributed by atoms with van der Waals surface area (Å²) >= 11 is 0. The van der Waals surface area contributed by atoms with Crippen LogP contribution in [0.3, 0.4) is 0 Å². The first-order valence-electron chi connectivity index (χ1n) is 5.80. The topological polar surface area (TPSA) is 87.7 Å². The number of hydrogen-bond acceptors (Lipinski definition) is 3. The Bertz CT molecular complexity index is 454. The summed E-state index contributed by atoms with van der Waals surface area (Å²) in [5.41, 5.74) is 6.38. The van der Waals surface area contributed by atoms with Crippen LogP contribution >= 0.6 is 0 Å². The Balaban J connectivity index is 2.89. The highest BCUT2D eigenvalue weighted by Gasteiger charge is 2.29. The summed E-state index contributed by atoms with van der Waals surface area (Å²) in [5.74, 6) is -0.253. The van der Waals surface area contributed by atoms with Crippen molar-refractivity contribution in [1.29, 1.82) is 0 Å². The fourth-order valence-corrected chi connectivity index (χ4v) is 1.47. The molecule has 0 aromatic heterocycles. The first-order valence-corrected chi connectivity index (χ1v) is 5.80. The van der Waals surface area contributed by atoms with E-state index in [0.717, 1.165) is 5.56 Å². The second kappa shape index (κ2) is 5.53.